The Morgan fingerprint density at radius 3 is 2.00 bits per heavy atom. The van der Waals surface area contributed by atoms with Crippen molar-refractivity contribution in [3.63, 3.8) is 0 Å². The topological polar surface area (TPSA) is 131 Å². The van der Waals surface area contributed by atoms with Crippen LogP contribution in [-0.4, -0.2) is 38.6 Å². The summed E-state index contributed by atoms with van der Waals surface area (Å²) in [6, 6.07) is 9.40. The zero-order chi connectivity index (χ0) is 25.0. The molecule has 0 bridgehead atoms. The first-order valence-corrected chi connectivity index (χ1v) is 8.80. The Morgan fingerprint density at radius 2 is 1.52 bits per heavy atom. The third-order valence-corrected chi connectivity index (χ3v) is 4.37. The number of rotatable bonds is 8. The number of anilines is 1. The highest BCUT2D eigenvalue weighted by Gasteiger charge is 2.70. The molecule has 2 rings (SSSR count). The second kappa shape index (κ2) is 9.40. The van der Waals surface area contributed by atoms with Crippen LogP contribution >= 0.6 is 0 Å². The molecule has 2 aromatic carbocycles. The van der Waals surface area contributed by atoms with Gasteiger partial charge in [0.05, 0.1) is 15.9 Å². The van der Waals surface area contributed by atoms with Crippen LogP contribution in [0.1, 0.15) is 12.0 Å². The maximum Gasteiger partial charge on any atom is 0.426 e. The van der Waals surface area contributed by atoms with Gasteiger partial charge in [-0.15, -0.1) is 0 Å². The molecular formula is C18H14F6N4O5. The summed E-state index contributed by atoms with van der Waals surface area (Å²) in [6.07, 6.45) is -14.8. The molecule has 178 valence electrons. The third-order valence-electron chi connectivity index (χ3n) is 4.37. The molecule has 0 atom stereocenters. The zero-order valence-electron chi connectivity index (χ0n) is 16.2. The van der Waals surface area contributed by atoms with Crippen molar-refractivity contribution in [2.75, 3.05) is 5.43 Å². The Hall–Kier alpha value is -3.75. The number of hydrogen-bond donors (Lipinski definition) is 2. The van der Waals surface area contributed by atoms with E-state index in [1.165, 1.54) is 24.3 Å². The molecule has 0 unspecified atom stereocenters. The van der Waals surface area contributed by atoms with Gasteiger partial charge in [-0.1, -0.05) is 30.3 Å². The molecule has 2 N–H and O–H groups in total. The summed E-state index contributed by atoms with van der Waals surface area (Å²) in [7, 11) is 0. The van der Waals surface area contributed by atoms with Crippen molar-refractivity contribution in [3.05, 3.63) is 74.3 Å². The summed E-state index contributed by atoms with van der Waals surface area (Å²) < 4.78 is 78.9. The minimum Gasteiger partial charge on any atom is -0.373 e. The molecule has 9 nitrogen and oxygen atoms in total. The van der Waals surface area contributed by atoms with Crippen LogP contribution in [0.5, 0.6) is 0 Å². The lowest BCUT2D eigenvalue weighted by Crippen LogP contribution is -2.58. The maximum atomic E-state index is 13.2. The van der Waals surface area contributed by atoms with Crippen LogP contribution in [0.25, 0.3) is 0 Å². The number of nitrogens with zero attached hydrogens (tertiary/aromatic N) is 3. The monoisotopic (exact) mass is 480 g/mol. The van der Waals surface area contributed by atoms with E-state index in [2.05, 4.69) is 5.10 Å². The predicted octanol–water partition coefficient (Wildman–Crippen LogP) is 4.76. The van der Waals surface area contributed by atoms with Crippen LogP contribution in [0, 0.1) is 20.2 Å². The fraction of sp³-hybridized carbons (Fsp3) is 0.278. The molecule has 0 saturated heterocycles. The Kier molecular flexibility index (Phi) is 7.26. The molecule has 0 aliphatic rings. The molecule has 33 heavy (non-hydrogen) atoms. The molecule has 15 heteroatoms. The molecule has 0 heterocycles. The van der Waals surface area contributed by atoms with Crippen molar-refractivity contribution in [1.29, 1.82) is 0 Å². The molecule has 0 fully saturated rings. The zero-order valence-corrected chi connectivity index (χ0v) is 16.2. The maximum absolute atomic E-state index is 13.2. The summed E-state index contributed by atoms with van der Waals surface area (Å²) in [4.78, 5) is 20.0. The van der Waals surface area contributed by atoms with Crippen molar-refractivity contribution in [1.82, 2.24) is 0 Å². The van der Waals surface area contributed by atoms with Crippen molar-refractivity contribution in [2.24, 2.45) is 5.10 Å². The molecule has 0 amide bonds. The highest BCUT2D eigenvalue weighted by Crippen LogP contribution is 2.45. The first-order valence-electron chi connectivity index (χ1n) is 8.80. The lowest BCUT2D eigenvalue weighted by molar-refractivity contribution is -0.393. The standard InChI is InChI=1S/C18H14F6N4O5/c19-17(20,21)16(29,18(22,23)24)10-12(8-11-4-2-1-3-5-11)25-26-14-7-6-13(27(30)31)9-15(14)28(32)33/h1-7,9,26,29H,8,10H2. The van der Waals surface area contributed by atoms with Gasteiger partial charge in [0.15, 0.2) is 0 Å². The Morgan fingerprint density at radius 1 is 0.939 bits per heavy atom. The van der Waals surface area contributed by atoms with Crippen molar-refractivity contribution in [2.45, 2.75) is 30.8 Å². The molecule has 0 aliphatic carbocycles. The number of nitro benzene ring substituents is 2. The van der Waals surface area contributed by atoms with Crippen LogP contribution < -0.4 is 5.43 Å². The minimum atomic E-state index is -6.11. The summed E-state index contributed by atoms with van der Waals surface area (Å²) in [5.41, 5.74) is -5.86. The van der Waals surface area contributed by atoms with Crippen LogP contribution in [-0.2, 0) is 6.42 Å². The lowest BCUT2D eigenvalue weighted by Gasteiger charge is -2.32. The highest BCUT2D eigenvalue weighted by atomic mass is 19.4. The number of nitrogens with one attached hydrogen (secondary N) is 1. The second-order valence-corrected chi connectivity index (χ2v) is 6.70. The van der Waals surface area contributed by atoms with E-state index in [1.54, 1.807) is 6.07 Å². The summed E-state index contributed by atoms with van der Waals surface area (Å²) in [5, 5.41) is 35.0. The molecule has 0 radical (unpaired) electrons. The number of hydrazone groups is 1. The minimum absolute atomic E-state index is 0.239. The van der Waals surface area contributed by atoms with Gasteiger partial charge in [0.1, 0.15) is 5.69 Å². The van der Waals surface area contributed by atoms with Crippen molar-refractivity contribution >= 4 is 22.8 Å². The first-order chi connectivity index (χ1) is 15.2. The van der Waals surface area contributed by atoms with Crippen molar-refractivity contribution < 1.29 is 41.3 Å². The summed E-state index contributed by atoms with van der Waals surface area (Å²) in [5.74, 6) is 0. The van der Waals surface area contributed by atoms with E-state index in [-0.39, 0.29) is 5.56 Å². The van der Waals surface area contributed by atoms with Gasteiger partial charge in [-0.2, -0.15) is 31.4 Å². The smallest absolute Gasteiger partial charge is 0.373 e. The average molecular weight is 480 g/mol. The SMILES string of the molecule is O=[N+]([O-])c1ccc(NN=C(Cc2ccccc2)CC(O)(C(F)(F)F)C(F)(F)F)c([N+](=O)[O-])c1. The van der Waals surface area contributed by atoms with E-state index in [9.17, 15) is 51.7 Å². The summed E-state index contributed by atoms with van der Waals surface area (Å²) >= 11 is 0. The van der Waals surface area contributed by atoms with Crippen molar-refractivity contribution in [3.8, 4) is 0 Å². The van der Waals surface area contributed by atoms with Gasteiger partial charge in [0.25, 0.3) is 11.3 Å². The van der Waals surface area contributed by atoms with E-state index < -0.39 is 63.4 Å². The Labute approximate surface area is 180 Å². The fourth-order valence-electron chi connectivity index (χ4n) is 2.65. The second-order valence-electron chi connectivity index (χ2n) is 6.70. The van der Waals surface area contributed by atoms with E-state index in [4.69, 9.17) is 0 Å². The molecule has 0 saturated carbocycles. The van der Waals surface area contributed by atoms with E-state index >= 15 is 0 Å². The van der Waals surface area contributed by atoms with Crippen LogP contribution in [0.3, 0.4) is 0 Å². The Bertz CT molecular complexity index is 1040. The molecule has 0 spiro atoms. The summed E-state index contributed by atoms with van der Waals surface area (Å²) in [6.45, 7) is 0. The Balaban J connectivity index is 2.51. The number of benzene rings is 2. The number of hydrogen-bond acceptors (Lipinski definition) is 7. The normalized spacial score (nSPS) is 13.0. The van der Waals surface area contributed by atoms with Gasteiger partial charge in [-0.25, -0.2) is 0 Å². The van der Waals surface area contributed by atoms with Crippen LogP contribution in [0.2, 0.25) is 0 Å². The number of nitro groups is 2. The van der Waals surface area contributed by atoms with Crippen LogP contribution in [0.15, 0.2) is 53.6 Å². The number of non-ortho nitro benzene ring substituents is 1. The average Bonchev–Trinajstić information content (AvgIpc) is 2.70. The molecular weight excluding hydrogens is 466 g/mol. The van der Waals surface area contributed by atoms with E-state index in [0.29, 0.717) is 6.07 Å². The van der Waals surface area contributed by atoms with Crippen LogP contribution in [0.4, 0.5) is 43.4 Å². The molecule has 0 aliphatic heterocycles. The predicted molar refractivity (Wildman–Crippen MR) is 103 cm³/mol. The first kappa shape index (κ1) is 25.5. The van der Waals surface area contributed by atoms with Gasteiger partial charge in [-0.3, -0.25) is 25.7 Å². The lowest BCUT2D eigenvalue weighted by atomic mass is 9.92. The number of alkyl halides is 6. The van der Waals surface area contributed by atoms with E-state index in [1.807, 2.05) is 5.43 Å². The van der Waals surface area contributed by atoms with E-state index in [0.717, 1.165) is 12.1 Å². The van der Waals surface area contributed by atoms with Gasteiger partial charge in [0.2, 0.25) is 0 Å². The largest absolute Gasteiger partial charge is 0.426 e. The fourth-order valence-corrected chi connectivity index (χ4v) is 2.65. The van der Waals surface area contributed by atoms with Gasteiger partial charge in [0, 0.05) is 24.6 Å². The quantitative estimate of drug-likeness (QED) is 0.242. The molecule has 2 aromatic rings. The van der Waals surface area contributed by atoms with Gasteiger partial charge < -0.3 is 5.11 Å². The van der Waals surface area contributed by atoms with Gasteiger partial charge in [-0.05, 0) is 11.6 Å². The third kappa shape index (κ3) is 5.94. The number of aliphatic hydroxyl groups is 1. The molecule has 0 aromatic heterocycles. The number of halogens is 6. The highest BCUT2D eigenvalue weighted by molar-refractivity contribution is 5.88. The van der Waals surface area contributed by atoms with Gasteiger partial charge >= 0.3 is 18.0 Å².